The first kappa shape index (κ1) is 21.5. The minimum absolute atomic E-state index is 0.0410. The highest BCUT2D eigenvalue weighted by atomic mass is 35.5. The van der Waals surface area contributed by atoms with Crippen molar-refractivity contribution in [2.24, 2.45) is 0 Å². The average Bonchev–Trinajstić information content (AvgIpc) is 3.36. The van der Waals surface area contributed by atoms with Crippen LogP contribution in [0.3, 0.4) is 0 Å². The van der Waals surface area contributed by atoms with E-state index in [1.165, 1.54) is 32.9 Å². The van der Waals surface area contributed by atoms with Gasteiger partial charge in [0.05, 0.1) is 10.9 Å². The number of hydrogen-bond donors (Lipinski definition) is 1. The molecule has 2 aromatic heterocycles. The lowest BCUT2D eigenvalue weighted by Crippen LogP contribution is -2.46. The topological polar surface area (TPSA) is 35.6 Å². The SMILES string of the molecule is Cc1sc(NC(=O)c2cccs2)c([C@@H](c2ccc(Cl)cc2)N2CCN(C)CC2)c1C. The van der Waals surface area contributed by atoms with Crippen molar-refractivity contribution in [3.05, 3.63) is 73.2 Å². The number of amides is 1. The van der Waals surface area contributed by atoms with Gasteiger partial charge in [-0.1, -0.05) is 29.8 Å². The van der Waals surface area contributed by atoms with Gasteiger partial charge in [0, 0.05) is 41.6 Å². The highest BCUT2D eigenvalue weighted by Gasteiger charge is 2.31. The van der Waals surface area contributed by atoms with E-state index in [-0.39, 0.29) is 11.9 Å². The minimum atomic E-state index is -0.0410. The zero-order chi connectivity index (χ0) is 21.3. The Morgan fingerprint density at radius 1 is 1.10 bits per heavy atom. The van der Waals surface area contributed by atoms with E-state index in [0.717, 1.165) is 41.1 Å². The Morgan fingerprint density at radius 3 is 2.43 bits per heavy atom. The number of piperazine rings is 1. The maximum absolute atomic E-state index is 12.8. The van der Waals surface area contributed by atoms with E-state index in [4.69, 9.17) is 11.6 Å². The Morgan fingerprint density at radius 2 is 1.80 bits per heavy atom. The number of nitrogens with zero attached hydrogens (tertiary/aromatic N) is 2. The molecule has 1 aliphatic heterocycles. The fraction of sp³-hybridized carbons (Fsp3) is 0.348. The molecule has 0 spiro atoms. The van der Waals surface area contributed by atoms with Gasteiger partial charge in [-0.05, 0) is 55.6 Å². The molecule has 1 fully saturated rings. The summed E-state index contributed by atoms with van der Waals surface area (Å²) in [6, 6.07) is 12.0. The van der Waals surface area contributed by atoms with Gasteiger partial charge in [-0.15, -0.1) is 22.7 Å². The van der Waals surface area contributed by atoms with Crippen LogP contribution >= 0.6 is 34.3 Å². The van der Waals surface area contributed by atoms with Gasteiger partial charge in [0.15, 0.2) is 0 Å². The molecule has 1 saturated heterocycles. The van der Waals surface area contributed by atoms with E-state index < -0.39 is 0 Å². The second kappa shape index (κ2) is 9.20. The smallest absolute Gasteiger partial charge is 0.266 e. The van der Waals surface area contributed by atoms with Crippen LogP contribution in [0, 0.1) is 13.8 Å². The standard InChI is InChI=1S/C23H26ClN3OS2/c1-15-16(2)30-23(25-22(28)19-5-4-14-29-19)20(15)21(17-6-8-18(24)9-7-17)27-12-10-26(3)11-13-27/h4-9,14,21H,10-13H2,1-3H3,(H,25,28)/t21-/m1/s1. The number of nitrogens with one attached hydrogen (secondary N) is 1. The van der Waals surface area contributed by atoms with E-state index in [9.17, 15) is 4.79 Å². The molecule has 3 aromatic rings. The van der Waals surface area contributed by atoms with Crippen LogP contribution in [-0.2, 0) is 0 Å². The van der Waals surface area contributed by atoms with Gasteiger partial charge in [0.25, 0.3) is 5.91 Å². The molecule has 30 heavy (non-hydrogen) atoms. The molecule has 1 amide bonds. The summed E-state index contributed by atoms with van der Waals surface area (Å²) < 4.78 is 0. The summed E-state index contributed by atoms with van der Waals surface area (Å²) in [5.41, 5.74) is 3.66. The number of hydrogen-bond acceptors (Lipinski definition) is 5. The summed E-state index contributed by atoms with van der Waals surface area (Å²) in [7, 11) is 2.17. The van der Waals surface area contributed by atoms with Crippen LogP contribution in [0.5, 0.6) is 0 Å². The highest BCUT2D eigenvalue weighted by Crippen LogP contribution is 2.42. The monoisotopic (exact) mass is 459 g/mol. The number of halogens is 1. The quantitative estimate of drug-likeness (QED) is 0.534. The van der Waals surface area contributed by atoms with Crippen LogP contribution in [0.15, 0.2) is 41.8 Å². The molecule has 1 aliphatic rings. The Kier molecular flexibility index (Phi) is 6.60. The Labute approximate surface area is 191 Å². The summed E-state index contributed by atoms with van der Waals surface area (Å²) in [4.78, 5) is 19.7. The number of rotatable bonds is 5. The Balaban J connectivity index is 1.76. The Bertz CT molecular complexity index is 1010. The van der Waals surface area contributed by atoms with Crippen LogP contribution in [-0.4, -0.2) is 48.9 Å². The number of carbonyl (C=O) groups excluding carboxylic acids is 1. The van der Waals surface area contributed by atoms with Gasteiger partial charge in [0.1, 0.15) is 5.00 Å². The normalized spacial score (nSPS) is 16.5. The molecule has 0 unspecified atom stereocenters. The molecule has 4 rings (SSSR count). The van der Waals surface area contributed by atoms with E-state index in [2.05, 4.69) is 48.1 Å². The van der Waals surface area contributed by atoms with Gasteiger partial charge in [0.2, 0.25) is 0 Å². The van der Waals surface area contributed by atoms with Crippen molar-refractivity contribution in [1.29, 1.82) is 0 Å². The largest absolute Gasteiger partial charge is 0.313 e. The van der Waals surface area contributed by atoms with E-state index >= 15 is 0 Å². The summed E-state index contributed by atoms with van der Waals surface area (Å²) in [5, 5.41) is 6.83. The number of aryl methyl sites for hydroxylation is 1. The molecule has 3 heterocycles. The van der Waals surface area contributed by atoms with Crippen molar-refractivity contribution in [3.8, 4) is 0 Å². The number of likely N-dealkylation sites (N-methyl/N-ethyl adjacent to an activating group) is 1. The lowest BCUT2D eigenvalue weighted by molar-refractivity contribution is 0.103. The van der Waals surface area contributed by atoms with E-state index in [1.54, 1.807) is 11.3 Å². The van der Waals surface area contributed by atoms with Gasteiger partial charge in [-0.25, -0.2) is 0 Å². The molecule has 0 aliphatic carbocycles. The van der Waals surface area contributed by atoms with Crippen molar-refractivity contribution in [1.82, 2.24) is 9.80 Å². The Hall–Kier alpha value is -1.70. The fourth-order valence-electron chi connectivity index (χ4n) is 3.92. The highest BCUT2D eigenvalue weighted by molar-refractivity contribution is 7.17. The van der Waals surface area contributed by atoms with E-state index in [1.807, 2.05) is 29.6 Å². The first-order valence-electron chi connectivity index (χ1n) is 10.1. The molecule has 1 atom stereocenters. The van der Waals surface area contributed by atoms with Crippen LogP contribution in [0.25, 0.3) is 0 Å². The zero-order valence-corrected chi connectivity index (χ0v) is 19.8. The first-order valence-corrected chi connectivity index (χ1v) is 12.1. The summed E-state index contributed by atoms with van der Waals surface area (Å²) in [6.07, 6.45) is 0. The van der Waals surface area contributed by atoms with Crippen molar-refractivity contribution >= 4 is 45.2 Å². The van der Waals surface area contributed by atoms with Crippen LogP contribution in [0.1, 0.15) is 37.3 Å². The van der Waals surface area contributed by atoms with Gasteiger partial charge >= 0.3 is 0 Å². The third-order valence-electron chi connectivity index (χ3n) is 5.77. The van der Waals surface area contributed by atoms with Crippen molar-refractivity contribution < 1.29 is 4.79 Å². The molecule has 0 bridgehead atoms. The lowest BCUT2D eigenvalue weighted by Gasteiger charge is -2.39. The predicted molar refractivity (Wildman–Crippen MR) is 128 cm³/mol. The maximum atomic E-state index is 12.8. The molecule has 0 saturated carbocycles. The first-order chi connectivity index (χ1) is 14.4. The van der Waals surface area contributed by atoms with Crippen molar-refractivity contribution in [3.63, 3.8) is 0 Å². The fourth-order valence-corrected chi connectivity index (χ4v) is 5.76. The van der Waals surface area contributed by atoms with Crippen LogP contribution in [0.4, 0.5) is 5.00 Å². The maximum Gasteiger partial charge on any atom is 0.266 e. The lowest BCUT2D eigenvalue weighted by atomic mass is 9.94. The van der Waals surface area contributed by atoms with E-state index in [0.29, 0.717) is 0 Å². The molecule has 7 heteroatoms. The summed E-state index contributed by atoms with van der Waals surface area (Å²) in [6.45, 7) is 8.33. The second-order valence-corrected chi connectivity index (χ2v) is 10.4. The molecule has 1 N–H and O–H groups in total. The predicted octanol–water partition coefficient (Wildman–Crippen LogP) is 5.67. The zero-order valence-electron chi connectivity index (χ0n) is 17.4. The average molecular weight is 460 g/mol. The number of benzene rings is 1. The van der Waals surface area contributed by atoms with Gasteiger partial charge < -0.3 is 10.2 Å². The molecule has 0 radical (unpaired) electrons. The van der Waals surface area contributed by atoms with Gasteiger partial charge in [-0.3, -0.25) is 9.69 Å². The molecular weight excluding hydrogens is 434 g/mol. The summed E-state index contributed by atoms with van der Waals surface area (Å²) >= 11 is 9.32. The van der Waals surface area contributed by atoms with Crippen molar-refractivity contribution in [2.75, 3.05) is 38.5 Å². The second-order valence-electron chi connectivity index (χ2n) is 7.75. The van der Waals surface area contributed by atoms with Crippen molar-refractivity contribution in [2.45, 2.75) is 19.9 Å². The molecule has 1 aromatic carbocycles. The number of thiophene rings is 2. The number of anilines is 1. The molecular formula is C23H26ClN3OS2. The molecule has 158 valence electrons. The third kappa shape index (κ3) is 4.48. The molecule has 4 nitrogen and oxygen atoms in total. The van der Waals surface area contributed by atoms with Crippen LogP contribution < -0.4 is 5.32 Å². The van der Waals surface area contributed by atoms with Gasteiger partial charge in [-0.2, -0.15) is 0 Å². The minimum Gasteiger partial charge on any atom is -0.313 e. The summed E-state index contributed by atoms with van der Waals surface area (Å²) in [5.74, 6) is -0.0410. The number of carbonyl (C=O) groups is 1. The van der Waals surface area contributed by atoms with Crippen LogP contribution in [0.2, 0.25) is 5.02 Å². The third-order valence-corrected chi connectivity index (χ3v) is 8.03.